The molecule has 116 valence electrons. The van der Waals surface area contributed by atoms with Crippen LogP contribution in [0.15, 0.2) is 17.0 Å². The summed E-state index contributed by atoms with van der Waals surface area (Å²) in [4.78, 5) is 12.7. The number of hydrogen-bond donors (Lipinski definition) is 1. The second kappa shape index (κ2) is 5.34. The zero-order chi connectivity index (χ0) is 15.9. The maximum Gasteiger partial charge on any atom is 0.259 e. The smallest absolute Gasteiger partial charge is 0.259 e. The summed E-state index contributed by atoms with van der Waals surface area (Å²) < 4.78 is 50.5. The molecular formula is C13H16F2N2O3S. The molecule has 1 aromatic carbocycles. The average Bonchev–Trinajstić information content (AvgIpc) is 2.67. The van der Waals surface area contributed by atoms with Gasteiger partial charge in [0.2, 0.25) is 10.0 Å². The Morgan fingerprint density at radius 1 is 1.24 bits per heavy atom. The number of primary sulfonamides is 1. The molecule has 21 heavy (non-hydrogen) atoms. The second-order valence-corrected chi connectivity index (χ2v) is 6.97. The third-order valence-electron chi connectivity index (χ3n) is 3.85. The summed E-state index contributed by atoms with van der Waals surface area (Å²) in [7, 11) is -4.36. The van der Waals surface area contributed by atoms with Gasteiger partial charge in [-0.15, -0.1) is 0 Å². The molecule has 2 N–H and O–H groups in total. The van der Waals surface area contributed by atoms with Crippen LogP contribution in [0.3, 0.4) is 0 Å². The van der Waals surface area contributed by atoms with Gasteiger partial charge < -0.3 is 4.90 Å². The molecule has 0 radical (unpaired) electrons. The normalized spacial score (nSPS) is 22.6. The topological polar surface area (TPSA) is 80.5 Å². The number of likely N-dealkylation sites (tertiary alicyclic amines) is 1. The van der Waals surface area contributed by atoms with E-state index in [2.05, 4.69) is 0 Å². The van der Waals surface area contributed by atoms with Gasteiger partial charge in [-0.05, 0) is 24.0 Å². The molecule has 1 aromatic rings. The van der Waals surface area contributed by atoms with Crippen LogP contribution in [-0.2, 0) is 10.0 Å². The molecule has 8 heteroatoms. The van der Waals surface area contributed by atoms with E-state index in [-0.39, 0.29) is 11.8 Å². The molecule has 5 nitrogen and oxygen atoms in total. The first-order valence-electron chi connectivity index (χ1n) is 6.43. The Balaban J connectivity index is 2.47. The molecule has 1 aliphatic heterocycles. The fourth-order valence-corrected chi connectivity index (χ4v) is 3.01. The van der Waals surface area contributed by atoms with E-state index in [0.29, 0.717) is 19.2 Å². The summed E-state index contributed by atoms with van der Waals surface area (Å²) in [6.07, 6.45) is 0. The lowest BCUT2D eigenvalue weighted by molar-refractivity contribution is 0.0774. The number of nitrogens with two attached hydrogens (primary N) is 1. The molecule has 2 atom stereocenters. The molecule has 0 aromatic heterocycles. The number of benzene rings is 1. The summed E-state index contributed by atoms with van der Waals surface area (Å²) in [5.74, 6) is -2.97. The monoisotopic (exact) mass is 318 g/mol. The van der Waals surface area contributed by atoms with E-state index in [1.54, 1.807) is 0 Å². The zero-order valence-electron chi connectivity index (χ0n) is 11.6. The van der Waals surface area contributed by atoms with Crippen LogP contribution in [0, 0.1) is 23.5 Å². The van der Waals surface area contributed by atoms with Gasteiger partial charge in [-0.25, -0.2) is 22.3 Å². The number of carbonyl (C=O) groups is 1. The Kier molecular flexibility index (Phi) is 4.03. The average molecular weight is 318 g/mol. The Morgan fingerprint density at radius 3 is 2.24 bits per heavy atom. The van der Waals surface area contributed by atoms with E-state index in [9.17, 15) is 22.0 Å². The first-order valence-corrected chi connectivity index (χ1v) is 7.97. The van der Waals surface area contributed by atoms with E-state index in [1.165, 1.54) is 4.90 Å². The van der Waals surface area contributed by atoms with Crippen molar-refractivity contribution in [3.63, 3.8) is 0 Å². The summed E-state index contributed by atoms with van der Waals surface area (Å²) >= 11 is 0. The fraction of sp³-hybridized carbons (Fsp3) is 0.462. The summed E-state index contributed by atoms with van der Waals surface area (Å²) in [6, 6.07) is 1.45. The van der Waals surface area contributed by atoms with Crippen molar-refractivity contribution in [3.05, 3.63) is 29.3 Å². The molecule has 1 aliphatic rings. The number of rotatable bonds is 2. The van der Waals surface area contributed by atoms with Gasteiger partial charge in [0.1, 0.15) is 16.3 Å². The lowest BCUT2D eigenvalue weighted by Gasteiger charge is -2.17. The highest BCUT2D eigenvalue weighted by atomic mass is 32.2. The predicted molar refractivity (Wildman–Crippen MR) is 72.0 cm³/mol. The van der Waals surface area contributed by atoms with Crippen molar-refractivity contribution < 1.29 is 22.0 Å². The molecular weight excluding hydrogens is 302 g/mol. The van der Waals surface area contributed by atoms with Gasteiger partial charge in [-0.3, -0.25) is 4.79 Å². The third-order valence-corrected chi connectivity index (χ3v) is 4.78. The van der Waals surface area contributed by atoms with Gasteiger partial charge in [-0.1, -0.05) is 13.8 Å². The first kappa shape index (κ1) is 15.8. The Morgan fingerprint density at radius 2 is 1.76 bits per heavy atom. The number of amides is 1. The van der Waals surface area contributed by atoms with Crippen LogP contribution in [0.2, 0.25) is 0 Å². The van der Waals surface area contributed by atoms with Crippen molar-refractivity contribution in [1.29, 1.82) is 0 Å². The number of sulfonamides is 1. The lowest BCUT2D eigenvalue weighted by Crippen LogP contribution is -2.31. The Labute approximate surface area is 121 Å². The van der Waals surface area contributed by atoms with Gasteiger partial charge in [0.05, 0.1) is 0 Å². The van der Waals surface area contributed by atoms with Gasteiger partial charge in [-0.2, -0.15) is 0 Å². The Hall–Kier alpha value is -1.54. The largest absolute Gasteiger partial charge is 0.338 e. The van der Waals surface area contributed by atoms with Gasteiger partial charge in [0.15, 0.2) is 5.82 Å². The molecule has 0 saturated carbocycles. The molecule has 2 rings (SSSR count). The van der Waals surface area contributed by atoms with E-state index in [1.807, 2.05) is 13.8 Å². The van der Waals surface area contributed by atoms with E-state index in [4.69, 9.17) is 5.14 Å². The van der Waals surface area contributed by atoms with Crippen molar-refractivity contribution in [2.75, 3.05) is 13.1 Å². The highest BCUT2D eigenvalue weighted by Crippen LogP contribution is 2.27. The minimum Gasteiger partial charge on any atom is -0.338 e. The van der Waals surface area contributed by atoms with Gasteiger partial charge in [0, 0.05) is 13.1 Å². The van der Waals surface area contributed by atoms with Crippen molar-refractivity contribution in [2.45, 2.75) is 18.7 Å². The minimum atomic E-state index is -4.36. The van der Waals surface area contributed by atoms with Crippen LogP contribution < -0.4 is 5.14 Å². The third kappa shape index (κ3) is 2.91. The van der Waals surface area contributed by atoms with Crippen LogP contribution in [0.1, 0.15) is 24.2 Å². The van der Waals surface area contributed by atoms with Crippen molar-refractivity contribution in [1.82, 2.24) is 4.90 Å². The molecule has 0 aliphatic carbocycles. The van der Waals surface area contributed by atoms with Crippen molar-refractivity contribution in [2.24, 2.45) is 17.0 Å². The maximum absolute atomic E-state index is 14.2. The number of halogens is 2. The molecule has 1 amide bonds. The lowest BCUT2D eigenvalue weighted by atomic mass is 10.0. The zero-order valence-corrected chi connectivity index (χ0v) is 12.5. The summed E-state index contributed by atoms with van der Waals surface area (Å²) in [5, 5.41) is 4.86. The highest BCUT2D eigenvalue weighted by molar-refractivity contribution is 7.89. The van der Waals surface area contributed by atoms with Gasteiger partial charge in [0.25, 0.3) is 5.91 Å². The van der Waals surface area contributed by atoms with Crippen LogP contribution >= 0.6 is 0 Å². The summed E-state index contributed by atoms with van der Waals surface area (Å²) in [6.45, 7) is 4.62. The molecule has 0 spiro atoms. The van der Waals surface area contributed by atoms with E-state index < -0.39 is 38.0 Å². The molecule has 0 bridgehead atoms. The maximum atomic E-state index is 14.2. The molecule has 2 unspecified atom stereocenters. The van der Waals surface area contributed by atoms with Gasteiger partial charge >= 0.3 is 0 Å². The SMILES string of the molecule is CC1CN(C(=O)c2c(F)ccc(S(N)(=O)=O)c2F)CC1C. The van der Waals surface area contributed by atoms with Crippen LogP contribution in [0.25, 0.3) is 0 Å². The number of hydrogen-bond acceptors (Lipinski definition) is 3. The molecule has 1 heterocycles. The standard InChI is InChI=1S/C13H16F2N2O3S/c1-7-5-17(6-8(7)2)13(18)11-9(14)3-4-10(12(11)15)21(16,19)20/h3-4,7-8H,5-6H2,1-2H3,(H2,16,19,20). The second-order valence-electron chi connectivity index (χ2n) is 5.44. The molecule has 1 fully saturated rings. The number of carbonyl (C=O) groups excluding carboxylic acids is 1. The predicted octanol–water partition coefficient (Wildman–Crippen LogP) is 1.34. The Bertz CT molecular complexity index is 681. The van der Waals surface area contributed by atoms with Crippen LogP contribution in [0.5, 0.6) is 0 Å². The first-order chi connectivity index (χ1) is 9.62. The highest BCUT2D eigenvalue weighted by Gasteiger charge is 2.34. The quantitative estimate of drug-likeness (QED) is 0.893. The molecule has 1 saturated heterocycles. The minimum absolute atomic E-state index is 0.210. The fourth-order valence-electron chi connectivity index (χ4n) is 2.40. The van der Waals surface area contributed by atoms with E-state index in [0.717, 1.165) is 6.07 Å². The van der Waals surface area contributed by atoms with Crippen LogP contribution in [0.4, 0.5) is 8.78 Å². The van der Waals surface area contributed by atoms with E-state index >= 15 is 0 Å². The van der Waals surface area contributed by atoms with Crippen molar-refractivity contribution >= 4 is 15.9 Å². The van der Waals surface area contributed by atoms with Crippen molar-refractivity contribution in [3.8, 4) is 0 Å². The van der Waals surface area contributed by atoms with Crippen LogP contribution in [-0.4, -0.2) is 32.3 Å². The summed E-state index contributed by atoms with van der Waals surface area (Å²) in [5.41, 5.74) is -0.872. The number of nitrogens with zero attached hydrogens (tertiary/aromatic N) is 1.